The van der Waals surface area contributed by atoms with E-state index >= 15 is 0 Å². The minimum Gasteiger partial charge on any atom is -0.348 e. The molecule has 2 rings (SSSR count). The van der Waals surface area contributed by atoms with E-state index in [9.17, 15) is 0 Å². The number of H-pyrrole nitrogens is 1. The van der Waals surface area contributed by atoms with E-state index in [0.29, 0.717) is 10.8 Å². The Balaban J connectivity index is 1.91. The van der Waals surface area contributed by atoms with E-state index < -0.39 is 0 Å². The van der Waals surface area contributed by atoms with Crippen LogP contribution in [0.15, 0.2) is 4.52 Å². The van der Waals surface area contributed by atoms with Gasteiger partial charge in [-0.05, 0) is 43.8 Å². The summed E-state index contributed by atoms with van der Waals surface area (Å²) < 4.78 is 4.97. The van der Waals surface area contributed by atoms with Crippen molar-refractivity contribution in [3.8, 4) is 0 Å². The largest absolute Gasteiger partial charge is 0.348 e. The SMILES string of the molecule is CCCC1CCC(c2nc(=S)o[nH]2)CC1. The van der Waals surface area contributed by atoms with E-state index in [4.69, 9.17) is 16.7 Å². The third-order valence-corrected chi connectivity index (χ3v) is 3.56. The minimum atomic E-state index is 0.334. The number of nitrogens with zero attached hydrogens (tertiary/aromatic N) is 1. The molecule has 1 saturated carbocycles. The first kappa shape index (κ1) is 10.9. The molecule has 0 radical (unpaired) electrons. The van der Waals surface area contributed by atoms with Crippen molar-refractivity contribution in [2.45, 2.75) is 51.4 Å². The van der Waals surface area contributed by atoms with Crippen molar-refractivity contribution in [3.63, 3.8) is 0 Å². The molecule has 0 saturated heterocycles. The van der Waals surface area contributed by atoms with E-state index in [2.05, 4.69) is 17.1 Å². The molecule has 0 bridgehead atoms. The first-order valence-electron chi connectivity index (χ1n) is 5.85. The van der Waals surface area contributed by atoms with Crippen molar-refractivity contribution in [3.05, 3.63) is 10.7 Å². The average Bonchev–Trinajstić information content (AvgIpc) is 2.67. The van der Waals surface area contributed by atoms with Crippen LogP contribution in [-0.4, -0.2) is 10.1 Å². The van der Waals surface area contributed by atoms with Gasteiger partial charge in [0.05, 0.1) is 0 Å². The highest BCUT2D eigenvalue weighted by atomic mass is 32.1. The van der Waals surface area contributed by atoms with Crippen LogP contribution in [0.4, 0.5) is 0 Å². The Morgan fingerprint density at radius 2 is 2.13 bits per heavy atom. The van der Waals surface area contributed by atoms with Gasteiger partial charge in [0.1, 0.15) is 5.82 Å². The standard InChI is InChI=1S/C11H18N2OS/c1-2-3-8-4-6-9(7-5-8)10-12-11(15)14-13-10/h8-9H,2-7H2,1H3,(H,12,13,15). The monoisotopic (exact) mass is 226 g/mol. The highest BCUT2D eigenvalue weighted by Gasteiger charge is 2.23. The van der Waals surface area contributed by atoms with Crippen molar-refractivity contribution in [2.24, 2.45) is 5.92 Å². The molecule has 0 aliphatic heterocycles. The van der Waals surface area contributed by atoms with Crippen LogP contribution >= 0.6 is 12.2 Å². The molecule has 1 aliphatic carbocycles. The van der Waals surface area contributed by atoms with Crippen molar-refractivity contribution in [1.82, 2.24) is 10.1 Å². The Hall–Kier alpha value is -0.640. The van der Waals surface area contributed by atoms with Gasteiger partial charge in [-0.15, -0.1) is 0 Å². The lowest BCUT2D eigenvalue weighted by atomic mass is 9.80. The summed E-state index contributed by atoms with van der Waals surface area (Å²) in [5, 5.41) is 2.83. The lowest BCUT2D eigenvalue weighted by Crippen LogP contribution is -2.14. The molecule has 1 aromatic rings. The van der Waals surface area contributed by atoms with Crippen LogP contribution in [0, 0.1) is 10.8 Å². The summed E-state index contributed by atoms with van der Waals surface area (Å²) in [4.78, 5) is 4.53. The Labute approximate surface area is 95.3 Å². The van der Waals surface area contributed by atoms with Gasteiger partial charge in [0, 0.05) is 5.92 Å². The fraction of sp³-hybridized carbons (Fsp3) is 0.818. The maximum Gasteiger partial charge on any atom is 0.314 e. The van der Waals surface area contributed by atoms with Crippen molar-refractivity contribution < 1.29 is 4.52 Å². The Morgan fingerprint density at radius 1 is 1.40 bits per heavy atom. The van der Waals surface area contributed by atoms with Crippen LogP contribution in [0.3, 0.4) is 0 Å². The van der Waals surface area contributed by atoms with E-state index in [0.717, 1.165) is 11.7 Å². The Bertz CT molecular complexity index is 349. The molecule has 1 N–H and O–H groups in total. The van der Waals surface area contributed by atoms with Crippen LogP contribution < -0.4 is 0 Å². The second-order valence-corrected chi connectivity index (χ2v) is 4.82. The second-order valence-electron chi connectivity index (χ2n) is 4.47. The molecule has 0 atom stereocenters. The lowest BCUT2D eigenvalue weighted by molar-refractivity contribution is 0.295. The number of aromatic nitrogens is 2. The number of aromatic amines is 1. The van der Waals surface area contributed by atoms with Gasteiger partial charge in [0.15, 0.2) is 0 Å². The zero-order valence-electron chi connectivity index (χ0n) is 9.16. The molecule has 1 aromatic heterocycles. The van der Waals surface area contributed by atoms with Crippen LogP contribution in [0.2, 0.25) is 0 Å². The summed E-state index contributed by atoms with van der Waals surface area (Å²) in [6, 6.07) is 0. The third-order valence-electron chi connectivity index (χ3n) is 3.39. The normalized spacial score (nSPS) is 26.7. The summed E-state index contributed by atoms with van der Waals surface area (Å²) in [5.41, 5.74) is 0. The van der Waals surface area contributed by atoms with E-state index in [1.807, 2.05) is 0 Å². The minimum absolute atomic E-state index is 0.334. The van der Waals surface area contributed by atoms with Gasteiger partial charge >= 0.3 is 4.84 Å². The Kier molecular flexibility index (Phi) is 3.57. The van der Waals surface area contributed by atoms with E-state index in [1.165, 1.54) is 38.5 Å². The quantitative estimate of drug-likeness (QED) is 0.797. The van der Waals surface area contributed by atoms with Gasteiger partial charge < -0.3 is 4.52 Å². The summed E-state index contributed by atoms with van der Waals surface area (Å²) in [5.74, 6) is 2.43. The summed E-state index contributed by atoms with van der Waals surface area (Å²) in [6.07, 6.45) is 7.78. The molecule has 0 amide bonds. The van der Waals surface area contributed by atoms with Gasteiger partial charge in [0.25, 0.3) is 0 Å². The van der Waals surface area contributed by atoms with Crippen molar-refractivity contribution >= 4 is 12.2 Å². The molecule has 0 unspecified atom stereocenters. The van der Waals surface area contributed by atoms with Crippen LogP contribution in [0.5, 0.6) is 0 Å². The van der Waals surface area contributed by atoms with Crippen molar-refractivity contribution in [1.29, 1.82) is 0 Å². The lowest BCUT2D eigenvalue weighted by Gasteiger charge is -2.26. The topological polar surface area (TPSA) is 41.8 Å². The number of hydrogen-bond acceptors (Lipinski definition) is 3. The number of nitrogens with one attached hydrogen (secondary N) is 1. The number of hydrogen-bond donors (Lipinski definition) is 1. The van der Waals surface area contributed by atoms with Gasteiger partial charge in [-0.3, -0.25) is 0 Å². The highest BCUT2D eigenvalue weighted by Crippen LogP contribution is 2.35. The highest BCUT2D eigenvalue weighted by molar-refractivity contribution is 7.71. The second kappa shape index (κ2) is 4.92. The molecule has 4 heteroatoms. The van der Waals surface area contributed by atoms with Crippen LogP contribution in [0.1, 0.15) is 57.2 Å². The fourth-order valence-electron chi connectivity index (χ4n) is 2.55. The van der Waals surface area contributed by atoms with E-state index in [-0.39, 0.29) is 0 Å². The van der Waals surface area contributed by atoms with Crippen LogP contribution in [-0.2, 0) is 0 Å². The first-order chi connectivity index (χ1) is 7.29. The molecular weight excluding hydrogens is 208 g/mol. The zero-order valence-corrected chi connectivity index (χ0v) is 9.98. The first-order valence-corrected chi connectivity index (χ1v) is 6.25. The van der Waals surface area contributed by atoms with E-state index in [1.54, 1.807) is 0 Å². The summed E-state index contributed by atoms with van der Waals surface area (Å²) >= 11 is 4.86. The number of rotatable bonds is 3. The van der Waals surface area contributed by atoms with Crippen molar-refractivity contribution in [2.75, 3.05) is 0 Å². The van der Waals surface area contributed by atoms with Gasteiger partial charge in [-0.2, -0.15) is 4.98 Å². The predicted octanol–water partition coefficient (Wildman–Crippen LogP) is 3.81. The van der Waals surface area contributed by atoms with Gasteiger partial charge in [-0.25, -0.2) is 5.16 Å². The molecule has 3 nitrogen and oxygen atoms in total. The van der Waals surface area contributed by atoms with Gasteiger partial charge in [-0.1, -0.05) is 19.8 Å². The molecule has 84 valence electrons. The predicted molar refractivity (Wildman–Crippen MR) is 61.3 cm³/mol. The molecule has 1 fully saturated rings. The van der Waals surface area contributed by atoms with Crippen LogP contribution in [0.25, 0.3) is 0 Å². The fourth-order valence-corrected chi connectivity index (χ4v) is 2.69. The van der Waals surface area contributed by atoms with Gasteiger partial charge in [0.2, 0.25) is 0 Å². The molecule has 1 aliphatic rings. The third kappa shape index (κ3) is 2.68. The maximum absolute atomic E-state index is 4.97. The average molecular weight is 226 g/mol. The molecule has 0 aromatic carbocycles. The smallest absolute Gasteiger partial charge is 0.314 e. The molecule has 15 heavy (non-hydrogen) atoms. The molecule has 0 spiro atoms. The summed E-state index contributed by atoms with van der Waals surface area (Å²) in [7, 11) is 0. The Morgan fingerprint density at radius 3 is 2.67 bits per heavy atom. The zero-order chi connectivity index (χ0) is 10.7. The molecular formula is C11H18N2OS. The maximum atomic E-state index is 4.97. The summed E-state index contributed by atoms with van der Waals surface area (Å²) in [6.45, 7) is 2.26. The molecule has 1 heterocycles.